The summed E-state index contributed by atoms with van der Waals surface area (Å²) >= 11 is 0. The monoisotopic (exact) mass is 317 g/mol. The van der Waals surface area contributed by atoms with Crippen molar-refractivity contribution in [3.8, 4) is 0 Å². The highest BCUT2D eigenvalue weighted by Gasteiger charge is 2.73. The van der Waals surface area contributed by atoms with E-state index in [2.05, 4.69) is 55.9 Å². The van der Waals surface area contributed by atoms with Crippen molar-refractivity contribution >= 4 is 0 Å². The molecule has 3 rings (SSSR count). The molecule has 3 heteroatoms. The molecule has 1 aromatic rings. The smallest absolute Gasteiger partial charge is 0.168 e. The third-order valence-electron chi connectivity index (χ3n) is 6.34. The van der Waals surface area contributed by atoms with Crippen molar-refractivity contribution in [1.82, 2.24) is 0 Å². The maximum Gasteiger partial charge on any atom is 0.168 e. The fraction of sp³-hybridized carbons (Fsp3) is 0.750. The molecule has 1 aromatic heterocycles. The van der Waals surface area contributed by atoms with Crippen LogP contribution in [0.15, 0.2) is 30.6 Å². The fourth-order valence-electron chi connectivity index (χ4n) is 4.83. The van der Waals surface area contributed by atoms with Crippen LogP contribution in [0.25, 0.3) is 0 Å². The van der Waals surface area contributed by atoms with Crippen molar-refractivity contribution in [3.05, 3.63) is 30.6 Å². The Morgan fingerprint density at radius 2 is 1.91 bits per heavy atom. The van der Waals surface area contributed by atoms with E-state index in [0.717, 1.165) is 37.6 Å². The lowest BCUT2D eigenvalue weighted by Crippen LogP contribution is -2.37. The second kappa shape index (κ2) is 6.52. The van der Waals surface area contributed by atoms with E-state index in [1.54, 1.807) is 0 Å². The van der Waals surface area contributed by atoms with Gasteiger partial charge in [-0.1, -0.05) is 33.3 Å². The van der Waals surface area contributed by atoms with Gasteiger partial charge in [0, 0.05) is 18.6 Å². The lowest BCUT2D eigenvalue weighted by Gasteiger charge is -2.31. The normalized spacial score (nSPS) is 33.0. The van der Waals surface area contributed by atoms with Gasteiger partial charge in [0.1, 0.15) is 12.8 Å². The van der Waals surface area contributed by atoms with Gasteiger partial charge in [-0.2, -0.15) is 0 Å². The average Bonchev–Trinajstić information content (AvgIpc) is 2.98. The quantitative estimate of drug-likeness (QED) is 0.473. The second-order valence-electron chi connectivity index (χ2n) is 8.32. The summed E-state index contributed by atoms with van der Waals surface area (Å²) in [5.74, 6) is 1.49. The van der Waals surface area contributed by atoms with Crippen LogP contribution in [0.3, 0.4) is 0 Å². The van der Waals surface area contributed by atoms with Crippen LogP contribution < -0.4 is 10.3 Å². The predicted octanol–water partition coefficient (Wildman–Crippen LogP) is 3.66. The van der Waals surface area contributed by atoms with Crippen molar-refractivity contribution in [2.75, 3.05) is 0 Å². The molecule has 0 aliphatic heterocycles. The van der Waals surface area contributed by atoms with Gasteiger partial charge < -0.3 is 10.5 Å². The van der Waals surface area contributed by atoms with Gasteiger partial charge in [0.05, 0.1) is 5.60 Å². The van der Waals surface area contributed by atoms with Gasteiger partial charge in [-0.25, -0.2) is 4.57 Å². The summed E-state index contributed by atoms with van der Waals surface area (Å²) in [5, 5.41) is 0. The molecule has 3 nitrogen and oxygen atoms in total. The van der Waals surface area contributed by atoms with Crippen molar-refractivity contribution in [2.24, 2.45) is 23.0 Å². The van der Waals surface area contributed by atoms with Gasteiger partial charge in [0.15, 0.2) is 12.4 Å². The molecule has 0 amide bonds. The molecule has 23 heavy (non-hydrogen) atoms. The summed E-state index contributed by atoms with van der Waals surface area (Å²) in [5.41, 5.74) is 6.72. The molecule has 0 aromatic carbocycles. The summed E-state index contributed by atoms with van der Waals surface area (Å²) in [6.07, 6.45) is 11.2. The maximum atomic E-state index is 6.46. The van der Waals surface area contributed by atoms with E-state index in [1.807, 2.05) is 0 Å². The van der Waals surface area contributed by atoms with E-state index >= 15 is 0 Å². The van der Waals surface area contributed by atoms with Crippen LogP contribution in [0.4, 0.5) is 0 Å². The number of aromatic nitrogens is 1. The first-order chi connectivity index (χ1) is 11.0. The highest BCUT2D eigenvalue weighted by molar-refractivity contribution is 5.22. The molecule has 1 heterocycles. The predicted molar refractivity (Wildman–Crippen MR) is 92.6 cm³/mol. The molecular formula is C20H33N2O+. The van der Waals surface area contributed by atoms with E-state index in [0.29, 0.717) is 5.41 Å². The third kappa shape index (κ3) is 3.32. The van der Waals surface area contributed by atoms with Gasteiger partial charge in [0.2, 0.25) is 0 Å². The minimum Gasteiger partial charge on any atom is -0.356 e. The number of nitrogens with two attached hydrogens (primary N) is 1. The number of hydrogen-bond donors (Lipinski definition) is 1. The van der Waals surface area contributed by atoms with Crippen LogP contribution in [-0.4, -0.2) is 11.8 Å². The Morgan fingerprint density at radius 3 is 2.65 bits per heavy atom. The van der Waals surface area contributed by atoms with Crippen LogP contribution in [0.5, 0.6) is 0 Å². The lowest BCUT2D eigenvalue weighted by molar-refractivity contribution is -0.697. The van der Waals surface area contributed by atoms with Gasteiger partial charge in [-0.3, -0.25) is 0 Å². The fourth-order valence-corrected chi connectivity index (χ4v) is 4.83. The van der Waals surface area contributed by atoms with Crippen LogP contribution >= 0.6 is 0 Å². The van der Waals surface area contributed by atoms with Crippen molar-refractivity contribution < 1.29 is 9.30 Å². The molecule has 0 spiro atoms. The standard InChI is InChI=1S/C20H33N2O/c1-16-10-11-17-19(2,3)20(17,15-16)23-18(21)9-5-8-14-22-12-6-4-7-13-22/h4,6-7,12-13,16-18H,5,8-11,14-15,21H2,1-3H3/q+1. The summed E-state index contributed by atoms with van der Waals surface area (Å²) in [7, 11) is 0. The Bertz CT molecular complexity index is 516. The largest absolute Gasteiger partial charge is 0.356 e. The number of nitrogens with zero attached hydrogens (tertiary/aromatic N) is 1. The highest BCUT2D eigenvalue weighted by atomic mass is 16.5. The van der Waals surface area contributed by atoms with Crippen LogP contribution in [0, 0.1) is 17.3 Å². The van der Waals surface area contributed by atoms with E-state index in [1.165, 1.54) is 19.3 Å². The molecule has 2 aliphatic rings. The molecule has 128 valence electrons. The number of ether oxygens (including phenoxy) is 1. The van der Waals surface area contributed by atoms with Crippen LogP contribution in [0.2, 0.25) is 0 Å². The molecule has 0 radical (unpaired) electrons. The highest BCUT2D eigenvalue weighted by Crippen LogP contribution is 2.71. The number of unbranched alkanes of at least 4 members (excludes halogenated alkanes) is 1. The Kier molecular flexibility index (Phi) is 4.80. The summed E-state index contributed by atoms with van der Waals surface area (Å²) in [4.78, 5) is 0. The average molecular weight is 317 g/mol. The Morgan fingerprint density at radius 1 is 1.17 bits per heavy atom. The van der Waals surface area contributed by atoms with Crippen LogP contribution in [-0.2, 0) is 11.3 Å². The molecule has 0 saturated heterocycles. The van der Waals surface area contributed by atoms with Gasteiger partial charge in [-0.05, 0) is 42.9 Å². The summed E-state index contributed by atoms with van der Waals surface area (Å²) in [6.45, 7) is 8.16. The minimum absolute atomic E-state index is 0.0677. The first kappa shape index (κ1) is 16.9. The first-order valence-electron chi connectivity index (χ1n) is 9.33. The molecule has 4 unspecified atom stereocenters. The molecule has 2 fully saturated rings. The zero-order valence-corrected chi connectivity index (χ0v) is 15.0. The zero-order valence-electron chi connectivity index (χ0n) is 15.0. The Labute approximate surface area is 141 Å². The first-order valence-corrected chi connectivity index (χ1v) is 9.33. The van der Waals surface area contributed by atoms with Crippen molar-refractivity contribution in [2.45, 2.75) is 77.7 Å². The molecule has 2 saturated carbocycles. The third-order valence-corrected chi connectivity index (χ3v) is 6.34. The summed E-state index contributed by atoms with van der Waals surface area (Å²) < 4.78 is 8.69. The molecule has 2 aliphatic carbocycles. The van der Waals surface area contributed by atoms with Gasteiger partial charge in [-0.15, -0.1) is 0 Å². The van der Waals surface area contributed by atoms with E-state index in [4.69, 9.17) is 10.5 Å². The maximum absolute atomic E-state index is 6.46. The summed E-state index contributed by atoms with van der Waals surface area (Å²) in [6, 6.07) is 6.21. The van der Waals surface area contributed by atoms with Crippen LogP contribution in [0.1, 0.15) is 59.3 Å². The van der Waals surface area contributed by atoms with Gasteiger partial charge >= 0.3 is 0 Å². The van der Waals surface area contributed by atoms with E-state index in [-0.39, 0.29) is 11.8 Å². The molecular weight excluding hydrogens is 284 g/mol. The second-order valence-corrected chi connectivity index (χ2v) is 8.32. The van der Waals surface area contributed by atoms with Crippen molar-refractivity contribution in [1.29, 1.82) is 0 Å². The van der Waals surface area contributed by atoms with Crippen molar-refractivity contribution in [3.63, 3.8) is 0 Å². The number of pyridine rings is 1. The Hall–Kier alpha value is -0.930. The van der Waals surface area contributed by atoms with E-state index < -0.39 is 0 Å². The van der Waals surface area contributed by atoms with E-state index in [9.17, 15) is 0 Å². The zero-order chi connectivity index (χ0) is 16.5. The molecule has 2 N–H and O–H groups in total. The topological polar surface area (TPSA) is 39.1 Å². The number of fused-ring (bicyclic) bond motifs is 1. The number of aryl methyl sites for hydroxylation is 1. The SMILES string of the molecule is CC1CCC2C(C)(C)C2(OC(N)CCCC[n+]2ccccc2)C1. The Balaban J connectivity index is 1.43. The number of hydrogen-bond acceptors (Lipinski definition) is 2. The lowest BCUT2D eigenvalue weighted by atomic mass is 9.88. The minimum atomic E-state index is -0.106. The molecule has 0 bridgehead atoms. The van der Waals surface area contributed by atoms with Gasteiger partial charge in [0.25, 0.3) is 0 Å². The number of rotatable bonds is 7. The molecule has 4 atom stereocenters.